The number of nitrogens with one attached hydrogen (secondary N) is 1. The van der Waals surface area contributed by atoms with Gasteiger partial charge in [-0.3, -0.25) is 0 Å². The van der Waals surface area contributed by atoms with Crippen molar-refractivity contribution in [1.82, 2.24) is 9.97 Å². The van der Waals surface area contributed by atoms with Gasteiger partial charge >= 0.3 is 0 Å². The van der Waals surface area contributed by atoms with Gasteiger partial charge in [0.1, 0.15) is 13.2 Å². The second-order valence-electron chi connectivity index (χ2n) is 4.53. The van der Waals surface area contributed by atoms with E-state index in [1.54, 1.807) is 20.0 Å². The molecule has 21 heavy (non-hydrogen) atoms. The molecule has 1 N–H and O–H groups in total. The summed E-state index contributed by atoms with van der Waals surface area (Å²) in [5.74, 6) is 1.44. The number of aryl methyl sites for hydroxylation is 1. The summed E-state index contributed by atoms with van der Waals surface area (Å²) in [5.41, 5.74) is 1.01. The molecule has 110 valence electrons. The fourth-order valence-corrected chi connectivity index (χ4v) is 2.65. The van der Waals surface area contributed by atoms with E-state index in [1.807, 2.05) is 6.07 Å². The minimum atomic E-state index is -0.446. The molecular weight excluding hydrogens is 341 g/mol. The first-order valence-electron chi connectivity index (χ1n) is 6.41. The Morgan fingerprint density at radius 1 is 1.24 bits per heavy atom. The Bertz CT molecular complexity index is 709. The summed E-state index contributed by atoms with van der Waals surface area (Å²) in [6.45, 7) is 2.61. The normalized spacial score (nSPS) is 13.1. The predicted octanol–water partition coefficient (Wildman–Crippen LogP) is 3.17. The zero-order chi connectivity index (χ0) is 15.0. The summed E-state index contributed by atoms with van der Waals surface area (Å²) in [5, 5.41) is 2.73. The van der Waals surface area contributed by atoms with E-state index in [0.717, 1.165) is 10.0 Å². The number of nitrogens with zero attached hydrogens (tertiary/aromatic N) is 2. The maximum Gasteiger partial charge on any atom is 0.186 e. The molecule has 1 aliphatic heterocycles. The zero-order valence-corrected chi connectivity index (χ0v) is 13.1. The number of benzene rings is 1. The first-order valence-corrected chi connectivity index (χ1v) is 7.21. The summed E-state index contributed by atoms with van der Waals surface area (Å²) in [6.07, 6.45) is 0. The Morgan fingerprint density at radius 3 is 2.76 bits per heavy atom. The van der Waals surface area contributed by atoms with Crippen LogP contribution in [-0.2, 0) is 0 Å². The van der Waals surface area contributed by atoms with Crippen molar-refractivity contribution in [3.8, 4) is 22.9 Å². The van der Waals surface area contributed by atoms with Crippen molar-refractivity contribution in [3.05, 3.63) is 28.1 Å². The summed E-state index contributed by atoms with van der Waals surface area (Å²) in [6, 6.07) is 3.63. The number of ether oxygens (including phenoxy) is 2. The third-order valence-corrected chi connectivity index (χ3v) is 3.70. The molecule has 5 nitrogen and oxygen atoms in total. The Kier molecular flexibility index (Phi) is 3.67. The summed E-state index contributed by atoms with van der Waals surface area (Å²) in [7, 11) is 1.62. The second-order valence-corrected chi connectivity index (χ2v) is 5.38. The number of rotatable bonds is 2. The van der Waals surface area contributed by atoms with Gasteiger partial charge in [-0.25, -0.2) is 14.4 Å². The molecule has 0 amide bonds. The van der Waals surface area contributed by atoms with Crippen LogP contribution in [0, 0.1) is 12.7 Å². The largest absolute Gasteiger partial charge is 0.486 e. The van der Waals surface area contributed by atoms with Crippen LogP contribution >= 0.6 is 15.9 Å². The van der Waals surface area contributed by atoms with E-state index < -0.39 is 5.82 Å². The minimum absolute atomic E-state index is 0.170. The molecule has 0 aliphatic carbocycles. The smallest absolute Gasteiger partial charge is 0.186 e. The van der Waals surface area contributed by atoms with Gasteiger partial charge in [0.05, 0.1) is 10.2 Å². The van der Waals surface area contributed by atoms with Gasteiger partial charge < -0.3 is 14.8 Å². The van der Waals surface area contributed by atoms with E-state index in [-0.39, 0.29) is 11.5 Å². The second kappa shape index (κ2) is 5.48. The number of hydrogen-bond donors (Lipinski definition) is 1. The highest BCUT2D eigenvalue weighted by atomic mass is 79.9. The zero-order valence-electron chi connectivity index (χ0n) is 11.5. The molecule has 0 saturated heterocycles. The van der Waals surface area contributed by atoms with Gasteiger partial charge in [0, 0.05) is 12.6 Å². The SMILES string of the molecule is CNc1nc(-c2cc(Br)c3c(c2)OCCO3)nc(C)c1F. The van der Waals surface area contributed by atoms with Gasteiger partial charge in [0.15, 0.2) is 29.0 Å². The van der Waals surface area contributed by atoms with Crippen molar-refractivity contribution in [2.24, 2.45) is 0 Å². The highest BCUT2D eigenvalue weighted by Gasteiger charge is 2.19. The lowest BCUT2D eigenvalue weighted by Crippen LogP contribution is -2.15. The van der Waals surface area contributed by atoms with Gasteiger partial charge in [-0.15, -0.1) is 0 Å². The van der Waals surface area contributed by atoms with Crippen LogP contribution in [0.4, 0.5) is 10.2 Å². The van der Waals surface area contributed by atoms with E-state index in [9.17, 15) is 4.39 Å². The summed E-state index contributed by atoms with van der Waals surface area (Å²) < 4.78 is 25.7. The first kappa shape index (κ1) is 14.1. The molecular formula is C14H13BrFN3O2. The van der Waals surface area contributed by atoms with Gasteiger partial charge in [-0.05, 0) is 35.0 Å². The molecule has 2 heterocycles. The van der Waals surface area contributed by atoms with Crippen LogP contribution in [0.5, 0.6) is 11.5 Å². The molecule has 1 aliphatic rings. The average Bonchev–Trinajstić information content (AvgIpc) is 2.50. The maximum atomic E-state index is 13.8. The van der Waals surface area contributed by atoms with Crippen molar-refractivity contribution in [1.29, 1.82) is 0 Å². The van der Waals surface area contributed by atoms with Gasteiger partial charge in [-0.1, -0.05) is 0 Å². The highest BCUT2D eigenvalue weighted by molar-refractivity contribution is 9.10. The van der Waals surface area contributed by atoms with Crippen LogP contribution in [-0.4, -0.2) is 30.2 Å². The van der Waals surface area contributed by atoms with Crippen molar-refractivity contribution in [2.45, 2.75) is 6.92 Å². The van der Waals surface area contributed by atoms with Crippen molar-refractivity contribution in [3.63, 3.8) is 0 Å². The van der Waals surface area contributed by atoms with E-state index >= 15 is 0 Å². The Balaban J connectivity index is 2.13. The molecule has 1 aromatic heterocycles. The van der Waals surface area contributed by atoms with Crippen molar-refractivity contribution >= 4 is 21.7 Å². The molecule has 2 aromatic rings. The number of fused-ring (bicyclic) bond motifs is 1. The summed E-state index contributed by atoms with van der Waals surface area (Å²) >= 11 is 3.45. The lowest BCUT2D eigenvalue weighted by Gasteiger charge is -2.20. The van der Waals surface area contributed by atoms with E-state index in [4.69, 9.17) is 9.47 Å². The number of anilines is 1. The monoisotopic (exact) mass is 353 g/mol. The minimum Gasteiger partial charge on any atom is -0.486 e. The van der Waals surface area contributed by atoms with Crippen molar-refractivity contribution < 1.29 is 13.9 Å². The Labute approximate surface area is 129 Å². The average molecular weight is 354 g/mol. The van der Waals surface area contributed by atoms with Crippen LogP contribution in [0.25, 0.3) is 11.4 Å². The lowest BCUT2D eigenvalue weighted by atomic mass is 10.1. The number of halogens is 2. The Morgan fingerprint density at radius 2 is 2.00 bits per heavy atom. The fraction of sp³-hybridized carbons (Fsp3) is 0.286. The molecule has 7 heteroatoms. The number of aromatic nitrogens is 2. The molecule has 0 saturated carbocycles. The maximum absolute atomic E-state index is 13.8. The van der Waals surface area contributed by atoms with Gasteiger partial charge in [-0.2, -0.15) is 0 Å². The Hall–Kier alpha value is -1.89. The third-order valence-electron chi connectivity index (χ3n) is 3.11. The molecule has 0 bridgehead atoms. The molecule has 0 fully saturated rings. The third kappa shape index (κ3) is 2.53. The standard InChI is InChI=1S/C14H13BrFN3O2/c1-7-11(16)14(17-2)19-13(18-7)8-5-9(15)12-10(6-8)20-3-4-21-12/h5-6H,3-4H2,1-2H3,(H,17,18,19). The fourth-order valence-electron chi connectivity index (χ4n) is 2.09. The van der Waals surface area contributed by atoms with E-state index in [2.05, 4.69) is 31.2 Å². The first-order chi connectivity index (χ1) is 10.1. The van der Waals surface area contributed by atoms with Crippen molar-refractivity contribution in [2.75, 3.05) is 25.6 Å². The molecule has 0 unspecified atom stereocenters. The molecule has 0 radical (unpaired) electrons. The molecule has 0 atom stereocenters. The van der Waals surface area contributed by atoms with Crippen LogP contribution < -0.4 is 14.8 Å². The van der Waals surface area contributed by atoms with Crippen LogP contribution in [0.1, 0.15) is 5.69 Å². The van der Waals surface area contributed by atoms with Gasteiger partial charge in [0.2, 0.25) is 0 Å². The molecule has 3 rings (SSSR count). The highest BCUT2D eigenvalue weighted by Crippen LogP contribution is 2.40. The topological polar surface area (TPSA) is 56.3 Å². The quantitative estimate of drug-likeness (QED) is 0.898. The van der Waals surface area contributed by atoms with Crippen LogP contribution in [0.15, 0.2) is 16.6 Å². The predicted molar refractivity (Wildman–Crippen MR) is 80.4 cm³/mol. The van der Waals surface area contributed by atoms with E-state index in [1.165, 1.54) is 0 Å². The van der Waals surface area contributed by atoms with Gasteiger partial charge in [0.25, 0.3) is 0 Å². The van der Waals surface area contributed by atoms with Crippen LogP contribution in [0.2, 0.25) is 0 Å². The molecule has 0 spiro atoms. The molecule has 1 aromatic carbocycles. The van der Waals surface area contributed by atoms with E-state index in [0.29, 0.717) is 30.5 Å². The lowest BCUT2D eigenvalue weighted by molar-refractivity contribution is 0.170. The summed E-state index contributed by atoms with van der Waals surface area (Å²) in [4.78, 5) is 8.40. The number of hydrogen-bond acceptors (Lipinski definition) is 5. The van der Waals surface area contributed by atoms with Crippen LogP contribution in [0.3, 0.4) is 0 Å².